The van der Waals surface area contributed by atoms with Crippen LogP contribution in [-0.4, -0.2) is 37.2 Å². The van der Waals surface area contributed by atoms with Gasteiger partial charge in [0, 0.05) is 12.6 Å². The molecule has 6 nitrogen and oxygen atoms in total. The third kappa shape index (κ3) is 3.84. The Hall–Kier alpha value is -3.33. The van der Waals surface area contributed by atoms with Gasteiger partial charge in [0.2, 0.25) is 5.91 Å². The molecule has 9 heteroatoms. The Bertz CT molecular complexity index is 1340. The minimum absolute atomic E-state index is 0.0452. The van der Waals surface area contributed by atoms with Crippen molar-refractivity contribution in [3.05, 3.63) is 77.9 Å². The van der Waals surface area contributed by atoms with Crippen molar-refractivity contribution in [2.24, 2.45) is 0 Å². The molecule has 32 heavy (non-hydrogen) atoms. The molecule has 3 aromatic carbocycles. The number of hydrogen-bond donors (Lipinski definition) is 1. The molecule has 4 rings (SSSR count). The van der Waals surface area contributed by atoms with Crippen molar-refractivity contribution in [3.63, 3.8) is 0 Å². The Kier molecular flexibility index (Phi) is 5.46. The lowest BCUT2D eigenvalue weighted by atomic mass is 9.85. The summed E-state index contributed by atoms with van der Waals surface area (Å²) in [5.41, 5.74) is -0.602. The van der Waals surface area contributed by atoms with E-state index in [0.717, 1.165) is 28.5 Å². The maximum atomic E-state index is 13.9. The average Bonchev–Trinajstić information content (AvgIpc) is 2.72. The lowest BCUT2D eigenvalue weighted by Gasteiger charge is -2.49. The molecule has 1 fully saturated rings. The van der Waals surface area contributed by atoms with Gasteiger partial charge in [0.1, 0.15) is 22.1 Å². The van der Waals surface area contributed by atoms with Gasteiger partial charge in [0.05, 0.1) is 6.42 Å². The highest BCUT2D eigenvalue weighted by Crippen LogP contribution is 2.32. The van der Waals surface area contributed by atoms with Gasteiger partial charge in [-0.15, -0.1) is 0 Å². The zero-order valence-corrected chi connectivity index (χ0v) is 18.0. The summed E-state index contributed by atoms with van der Waals surface area (Å²) in [6.07, 6.45) is 0.297. The quantitative estimate of drug-likeness (QED) is 0.637. The standard InChI is InChI=1S/C23H20F2N2O4S/c1-23(22(29)26-32(30,31)20-10-9-17(24)14-19(20)25)11-12-27(23)21(28)13-16-7-4-6-15-5-2-3-8-18(15)16/h2-10,14H,11-13H2,1H3,(H,26,29). The molecule has 1 atom stereocenters. The van der Waals surface area contributed by atoms with E-state index < -0.39 is 38.0 Å². The Morgan fingerprint density at radius 2 is 1.78 bits per heavy atom. The van der Waals surface area contributed by atoms with Crippen molar-refractivity contribution in [1.82, 2.24) is 9.62 Å². The Morgan fingerprint density at radius 3 is 2.47 bits per heavy atom. The maximum Gasteiger partial charge on any atom is 0.267 e. The number of likely N-dealkylation sites (tertiary alicyclic amines) is 1. The van der Waals surface area contributed by atoms with Crippen LogP contribution in [0.1, 0.15) is 18.9 Å². The number of halogens is 2. The minimum Gasteiger partial charge on any atom is -0.328 e. The van der Waals surface area contributed by atoms with Gasteiger partial charge in [0.15, 0.2) is 0 Å². The maximum absolute atomic E-state index is 13.9. The molecule has 1 saturated heterocycles. The number of hydrogen-bond acceptors (Lipinski definition) is 4. The number of nitrogens with one attached hydrogen (secondary N) is 1. The van der Waals surface area contributed by atoms with Crippen LogP contribution in [0.5, 0.6) is 0 Å². The monoisotopic (exact) mass is 458 g/mol. The molecular formula is C23H20F2N2O4S. The van der Waals surface area contributed by atoms with Crippen LogP contribution in [0.2, 0.25) is 0 Å². The van der Waals surface area contributed by atoms with Crippen LogP contribution in [0.3, 0.4) is 0 Å². The van der Waals surface area contributed by atoms with E-state index in [9.17, 15) is 26.8 Å². The molecule has 2 amide bonds. The number of sulfonamides is 1. The van der Waals surface area contributed by atoms with E-state index in [-0.39, 0.29) is 18.7 Å². The third-order valence-electron chi connectivity index (χ3n) is 5.84. The summed E-state index contributed by atoms with van der Waals surface area (Å²) in [4.78, 5) is 26.3. The van der Waals surface area contributed by atoms with E-state index in [2.05, 4.69) is 0 Å². The van der Waals surface area contributed by atoms with Gasteiger partial charge in [-0.25, -0.2) is 21.9 Å². The first-order chi connectivity index (χ1) is 15.1. The van der Waals surface area contributed by atoms with Gasteiger partial charge < -0.3 is 4.90 Å². The van der Waals surface area contributed by atoms with Gasteiger partial charge in [-0.2, -0.15) is 0 Å². The number of fused-ring (bicyclic) bond motifs is 1. The lowest BCUT2D eigenvalue weighted by molar-refractivity contribution is -0.156. The molecule has 0 saturated carbocycles. The second kappa shape index (κ2) is 7.98. The first-order valence-corrected chi connectivity index (χ1v) is 11.4. The van der Waals surface area contributed by atoms with Gasteiger partial charge in [-0.1, -0.05) is 42.5 Å². The fourth-order valence-corrected chi connectivity index (χ4v) is 5.02. The largest absolute Gasteiger partial charge is 0.328 e. The van der Waals surface area contributed by atoms with Crippen LogP contribution in [0, 0.1) is 11.6 Å². The van der Waals surface area contributed by atoms with E-state index in [1.165, 1.54) is 11.8 Å². The fourth-order valence-electron chi connectivity index (χ4n) is 3.88. The van der Waals surface area contributed by atoms with Gasteiger partial charge in [0.25, 0.3) is 15.9 Å². The van der Waals surface area contributed by atoms with Crippen LogP contribution in [0.25, 0.3) is 10.8 Å². The number of rotatable bonds is 5. The number of nitrogens with zero attached hydrogens (tertiary/aromatic N) is 1. The Balaban J connectivity index is 1.52. The van der Waals surface area contributed by atoms with E-state index in [4.69, 9.17) is 0 Å². The molecule has 1 aliphatic rings. The zero-order chi connectivity index (χ0) is 23.1. The first kappa shape index (κ1) is 21.9. The Morgan fingerprint density at radius 1 is 1.06 bits per heavy atom. The van der Waals surface area contributed by atoms with Crippen molar-refractivity contribution in [2.75, 3.05) is 6.54 Å². The smallest absolute Gasteiger partial charge is 0.267 e. The van der Waals surface area contributed by atoms with Crippen molar-refractivity contribution >= 4 is 32.6 Å². The minimum atomic E-state index is -4.58. The highest BCUT2D eigenvalue weighted by molar-refractivity contribution is 7.90. The molecule has 1 N–H and O–H groups in total. The fraction of sp³-hybridized carbons (Fsp3) is 0.217. The topological polar surface area (TPSA) is 83.6 Å². The molecule has 0 aromatic heterocycles. The van der Waals surface area contributed by atoms with Crippen molar-refractivity contribution in [1.29, 1.82) is 0 Å². The van der Waals surface area contributed by atoms with Crippen LogP contribution in [-0.2, 0) is 26.0 Å². The van der Waals surface area contributed by atoms with Crippen molar-refractivity contribution in [2.45, 2.75) is 30.2 Å². The summed E-state index contributed by atoms with van der Waals surface area (Å²) in [5, 5.41) is 1.90. The van der Waals surface area contributed by atoms with Crippen LogP contribution in [0.15, 0.2) is 65.6 Å². The summed E-state index contributed by atoms with van der Waals surface area (Å²) >= 11 is 0. The highest BCUT2D eigenvalue weighted by atomic mass is 32.2. The predicted molar refractivity (Wildman–Crippen MR) is 114 cm³/mol. The number of benzene rings is 3. The van der Waals surface area contributed by atoms with Crippen LogP contribution < -0.4 is 4.72 Å². The molecule has 1 unspecified atom stereocenters. The van der Waals surface area contributed by atoms with E-state index in [1.54, 1.807) is 0 Å². The molecule has 0 radical (unpaired) electrons. The summed E-state index contributed by atoms with van der Waals surface area (Å²) in [6, 6.07) is 15.2. The number of carbonyl (C=O) groups excluding carboxylic acids is 2. The number of amides is 2. The van der Waals surface area contributed by atoms with Crippen LogP contribution in [0.4, 0.5) is 8.78 Å². The van der Waals surface area contributed by atoms with E-state index in [1.807, 2.05) is 47.2 Å². The van der Waals surface area contributed by atoms with Gasteiger partial charge in [-0.3, -0.25) is 9.59 Å². The van der Waals surface area contributed by atoms with Crippen molar-refractivity contribution < 1.29 is 26.8 Å². The molecule has 1 aliphatic heterocycles. The average molecular weight is 458 g/mol. The Labute approximate surface area is 183 Å². The SMILES string of the molecule is CC1(C(=O)NS(=O)(=O)c2ccc(F)cc2F)CCN1C(=O)Cc1cccc2ccccc12. The van der Waals surface area contributed by atoms with Gasteiger partial charge >= 0.3 is 0 Å². The van der Waals surface area contributed by atoms with Gasteiger partial charge in [-0.05, 0) is 41.8 Å². The molecule has 0 spiro atoms. The van der Waals surface area contributed by atoms with E-state index in [0.29, 0.717) is 12.6 Å². The molecular weight excluding hydrogens is 438 g/mol. The van der Waals surface area contributed by atoms with E-state index >= 15 is 0 Å². The lowest BCUT2D eigenvalue weighted by Crippen LogP contribution is -2.68. The van der Waals surface area contributed by atoms with Crippen molar-refractivity contribution in [3.8, 4) is 0 Å². The zero-order valence-electron chi connectivity index (χ0n) is 17.1. The second-order valence-electron chi connectivity index (χ2n) is 7.89. The second-order valence-corrected chi connectivity index (χ2v) is 9.54. The van der Waals surface area contributed by atoms with Crippen LogP contribution >= 0.6 is 0 Å². The summed E-state index contributed by atoms with van der Waals surface area (Å²) in [7, 11) is -4.58. The molecule has 0 bridgehead atoms. The molecule has 3 aromatic rings. The summed E-state index contributed by atoms with van der Waals surface area (Å²) in [6.45, 7) is 1.75. The highest BCUT2D eigenvalue weighted by Gasteiger charge is 2.50. The normalized spacial score (nSPS) is 18.3. The summed E-state index contributed by atoms with van der Waals surface area (Å²) in [5.74, 6) is -3.52. The molecule has 0 aliphatic carbocycles. The first-order valence-electron chi connectivity index (χ1n) is 9.91. The molecule has 1 heterocycles. The predicted octanol–water partition coefficient (Wildman–Crippen LogP) is 3.16. The summed E-state index contributed by atoms with van der Waals surface area (Å²) < 4.78 is 53.8. The number of carbonyl (C=O) groups is 2. The molecule has 166 valence electrons. The third-order valence-corrected chi connectivity index (χ3v) is 7.20.